The summed E-state index contributed by atoms with van der Waals surface area (Å²) >= 11 is 9.87. The Hall–Kier alpha value is -5.76. The van der Waals surface area contributed by atoms with Crippen molar-refractivity contribution in [3.05, 3.63) is 183 Å². The van der Waals surface area contributed by atoms with Crippen LogP contribution in [0.2, 0.25) is 0 Å². The highest BCUT2D eigenvalue weighted by molar-refractivity contribution is 9.09. The van der Waals surface area contributed by atoms with Crippen molar-refractivity contribution >= 4 is 50.3 Å². The number of ketones is 1. The summed E-state index contributed by atoms with van der Waals surface area (Å²) < 4.78 is 0. The van der Waals surface area contributed by atoms with Crippen LogP contribution in [-0.2, 0) is 16.2 Å². The maximum Gasteiger partial charge on any atom is 0.173 e. The van der Waals surface area contributed by atoms with Crippen LogP contribution in [0.4, 0.5) is 0 Å². The number of hydrogen-bond donors (Lipinski definition) is 1. The average molecular weight is 847 g/mol. The van der Waals surface area contributed by atoms with Gasteiger partial charge in [0.25, 0.3) is 0 Å². The molecule has 3 saturated carbocycles. The minimum Gasteiger partial charge on any atom is -0.393 e. The third kappa shape index (κ3) is 9.80. The van der Waals surface area contributed by atoms with Gasteiger partial charge in [-0.2, -0.15) is 15.8 Å². The fourth-order valence-electron chi connectivity index (χ4n) is 6.56. The van der Waals surface area contributed by atoms with Crippen molar-refractivity contribution in [2.45, 2.75) is 54.8 Å². The maximum atomic E-state index is 11.1. The fraction of sp³-hybridized carbons (Fsp3) is 0.208. The zero-order valence-corrected chi connectivity index (χ0v) is 34.5. The van der Waals surface area contributed by atoms with Gasteiger partial charge in [0.1, 0.15) is 5.01 Å². The molecule has 3 aliphatic carbocycles. The fourth-order valence-corrected chi connectivity index (χ4v) is 8.32. The first-order valence-electron chi connectivity index (χ1n) is 18.7. The van der Waals surface area contributed by atoms with Crippen molar-refractivity contribution in [2.24, 2.45) is 5.73 Å². The van der Waals surface area contributed by atoms with Gasteiger partial charge in [0.15, 0.2) is 5.78 Å². The molecular formula is C48H40BrN5OS2. The predicted octanol–water partition coefficient (Wildman–Crippen LogP) is 11.1. The first-order chi connectivity index (χ1) is 27.7. The minimum atomic E-state index is -0.110. The Morgan fingerprint density at radius 3 is 1.60 bits per heavy atom. The van der Waals surface area contributed by atoms with Crippen LogP contribution < -0.4 is 5.73 Å². The van der Waals surface area contributed by atoms with Crippen LogP contribution in [0.15, 0.2) is 145 Å². The van der Waals surface area contributed by atoms with Gasteiger partial charge in [-0.1, -0.05) is 143 Å². The van der Waals surface area contributed by atoms with E-state index in [1.54, 1.807) is 35.6 Å². The van der Waals surface area contributed by atoms with Crippen molar-refractivity contribution in [3.8, 4) is 29.5 Å². The maximum absolute atomic E-state index is 11.1. The van der Waals surface area contributed by atoms with E-state index < -0.39 is 0 Å². The molecule has 0 aliphatic heterocycles. The molecule has 0 unspecified atom stereocenters. The van der Waals surface area contributed by atoms with Gasteiger partial charge in [0.2, 0.25) is 0 Å². The van der Waals surface area contributed by atoms with Gasteiger partial charge in [-0.15, -0.1) is 11.3 Å². The number of halogens is 1. The lowest BCUT2D eigenvalue weighted by molar-refractivity contribution is 0.102. The number of nitriles is 3. The molecule has 1 aromatic heterocycles. The van der Waals surface area contributed by atoms with Gasteiger partial charge < -0.3 is 5.73 Å². The molecule has 57 heavy (non-hydrogen) atoms. The van der Waals surface area contributed by atoms with E-state index in [2.05, 4.69) is 75.9 Å². The van der Waals surface area contributed by atoms with E-state index in [-0.39, 0.29) is 22.0 Å². The number of rotatable bonds is 8. The second kappa shape index (κ2) is 18.5. The Balaban J connectivity index is 0.000000136. The molecule has 0 saturated heterocycles. The van der Waals surface area contributed by atoms with Crippen molar-refractivity contribution in [1.82, 2.24) is 4.98 Å². The van der Waals surface area contributed by atoms with E-state index in [0.717, 1.165) is 36.9 Å². The van der Waals surface area contributed by atoms with E-state index in [9.17, 15) is 4.79 Å². The number of hydrogen-bond acceptors (Lipinski definition) is 7. The molecule has 2 N–H and O–H groups in total. The summed E-state index contributed by atoms with van der Waals surface area (Å²) in [6.45, 7) is 0. The van der Waals surface area contributed by atoms with E-state index in [1.165, 1.54) is 34.5 Å². The Morgan fingerprint density at radius 1 is 0.684 bits per heavy atom. The lowest BCUT2D eigenvalue weighted by Gasteiger charge is -2.12. The van der Waals surface area contributed by atoms with Crippen molar-refractivity contribution in [1.29, 1.82) is 15.8 Å². The Bertz CT molecular complexity index is 2420. The quantitative estimate of drug-likeness (QED) is 0.0918. The number of thiocarbonyl (C=S) groups is 1. The monoisotopic (exact) mass is 845 g/mol. The van der Waals surface area contributed by atoms with Crippen molar-refractivity contribution < 1.29 is 4.79 Å². The zero-order valence-electron chi connectivity index (χ0n) is 31.3. The predicted molar refractivity (Wildman–Crippen MR) is 235 cm³/mol. The minimum absolute atomic E-state index is 0.0273. The van der Waals surface area contributed by atoms with E-state index in [0.29, 0.717) is 27.0 Å². The molecular weight excluding hydrogens is 807 g/mol. The van der Waals surface area contributed by atoms with Crippen LogP contribution in [0.1, 0.15) is 81.7 Å². The van der Waals surface area contributed by atoms with E-state index in [1.807, 2.05) is 78.9 Å². The molecule has 6 nitrogen and oxygen atoms in total. The standard InChI is InChI=1S/C19H14N2S.C10H11NS.C10H9N.C9H6BrNO/c20-12-14-6-8-15(9-7-14)17-13-22-18(21-17)19(10-11-19)16-4-2-1-3-5-16;11-9(12)10(6-7-10)8-4-2-1-3-5-8;11-8-10(6-7-10)9-4-2-1-3-5-9;10-5-9(12)8-3-1-7(6-11)2-4-8/h1-9,13H,10-11H2;1-5H,6-7H2,(H2,11,12);1-5H,6-7H2;1-4H,5H2. The summed E-state index contributed by atoms with van der Waals surface area (Å²) in [5.74, 6) is 0.0273. The molecule has 9 heteroatoms. The first kappa shape index (κ1) is 40.9. The molecule has 9 rings (SSSR count). The Labute approximate surface area is 352 Å². The highest BCUT2D eigenvalue weighted by Gasteiger charge is 2.48. The number of carbonyl (C=O) groups is 1. The molecule has 0 bridgehead atoms. The third-order valence-corrected chi connectivity index (χ3v) is 12.5. The largest absolute Gasteiger partial charge is 0.393 e. The molecule has 282 valence electrons. The zero-order chi connectivity index (χ0) is 40.3. The molecule has 3 aliphatic rings. The number of benzene rings is 5. The highest BCUT2D eigenvalue weighted by atomic mass is 79.9. The van der Waals surface area contributed by atoms with Crippen molar-refractivity contribution in [3.63, 3.8) is 0 Å². The molecule has 0 atom stereocenters. The number of nitrogens with zero attached hydrogens (tertiary/aromatic N) is 4. The molecule has 3 fully saturated rings. The smallest absolute Gasteiger partial charge is 0.173 e. The average Bonchev–Trinajstić information content (AvgIpc) is 4.21. The summed E-state index contributed by atoms with van der Waals surface area (Å²) in [6.07, 6.45) is 6.66. The summed E-state index contributed by atoms with van der Waals surface area (Å²) in [6, 6.07) is 51.7. The van der Waals surface area contributed by atoms with Gasteiger partial charge in [0.05, 0.1) is 50.8 Å². The number of Topliss-reactive ketones (excluding diaryl/α,β-unsaturated/α-hetero) is 1. The van der Waals surface area contributed by atoms with Crippen molar-refractivity contribution in [2.75, 3.05) is 5.33 Å². The van der Waals surface area contributed by atoms with Crippen LogP contribution >= 0.6 is 39.5 Å². The molecule has 5 aromatic carbocycles. The van der Waals surface area contributed by atoms with Gasteiger partial charge in [-0.3, -0.25) is 4.79 Å². The van der Waals surface area contributed by atoms with Crippen LogP contribution in [0, 0.1) is 34.0 Å². The van der Waals surface area contributed by atoms with Gasteiger partial charge in [0, 0.05) is 27.3 Å². The number of alkyl halides is 1. The normalized spacial score (nSPS) is 15.3. The topological polar surface area (TPSA) is 127 Å². The Morgan fingerprint density at radius 2 is 1.18 bits per heavy atom. The van der Waals surface area contributed by atoms with E-state index in [4.69, 9.17) is 38.7 Å². The molecule has 6 aromatic rings. The van der Waals surface area contributed by atoms with Gasteiger partial charge in [-0.05, 0) is 79.5 Å². The van der Waals surface area contributed by atoms with Crippen LogP contribution in [0.3, 0.4) is 0 Å². The molecule has 0 amide bonds. The lowest BCUT2D eigenvalue weighted by Crippen LogP contribution is -2.26. The number of thiazole rings is 1. The summed E-state index contributed by atoms with van der Waals surface area (Å²) in [5.41, 5.74) is 13.6. The summed E-state index contributed by atoms with van der Waals surface area (Å²) in [7, 11) is 0. The second-order valence-corrected chi connectivity index (χ2v) is 16.2. The van der Waals surface area contributed by atoms with Crippen LogP contribution in [0.5, 0.6) is 0 Å². The summed E-state index contributed by atoms with van der Waals surface area (Å²) in [4.78, 5) is 16.6. The third-order valence-electron chi connectivity index (χ3n) is 10.6. The second-order valence-electron chi connectivity index (χ2n) is 14.3. The highest BCUT2D eigenvalue weighted by Crippen LogP contribution is 2.54. The molecule has 0 radical (unpaired) electrons. The lowest BCUT2D eigenvalue weighted by atomic mass is 9.96. The molecule has 1 heterocycles. The van der Waals surface area contributed by atoms with Gasteiger partial charge >= 0.3 is 0 Å². The summed E-state index contributed by atoms with van der Waals surface area (Å²) in [5, 5.41) is 29.9. The Kier molecular flexibility index (Phi) is 13.2. The molecule has 0 spiro atoms. The number of nitrogens with two attached hydrogens (primary N) is 1. The number of aromatic nitrogens is 1. The SMILES string of the molecule is N#CC1(c2ccccc2)CC1.N#Cc1ccc(-c2csc(C3(c4ccccc4)CC3)n2)cc1.N#Cc1ccc(C(=O)CBr)cc1.NC(=S)C1(c2ccccc2)CC1. The van der Waals surface area contributed by atoms with Crippen LogP contribution in [0.25, 0.3) is 11.3 Å². The number of carbonyl (C=O) groups excluding carboxylic acids is 1. The van der Waals surface area contributed by atoms with Crippen LogP contribution in [-0.4, -0.2) is 21.1 Å². The first-order valence-corrected chi connectivity index (χ1v) is 21.1. The van der Waals surface area contributed by atoms with E-state index >= 15 is 0 Å². The van der Waals surface area contributed by atoms with Gasteiger partial charge in [-0.25, -0.2) is 4.98 Å².